The van der Waals surface area contributed by atoms with Gasteiger partial charge in [-0.15, -0.1) is 0 Å². The first-order valence-electron chi connectivity index (χ1n) is 9.97. The number of hydrogen-bond donors (Lipinski definition) is 0. The van der Waals surface area contributed by atoms with Crippen LogP contribution in [0.3, 0.4) is 0 Å². The van der Waals surface area contributed by atoms with Gasteiger partial charge in [0.05, 0.1) is 29.1 Å². The van der Waals surface area contributed by atoms with Crippen molar-refractivity contribution in [1.29, 1.82) is 0 Å². The Morgan fingerprint density at radius 2 is 1.94 bits per heavy atom. The van der Waals surface area contributed by atoms with Crippen molar-refractivity contribution in [1.82, 2.24) is 24.0 Å². The Kier molecular flexibility index (Phi) is 5.35. The minimum absolute atomic E-state index is 0.0000473. The Labute approximate surface area is 179 Å². The molecule has 0 aliphatic carbocycles. The minimum Gasteiger partial charge on any atom is -0.334 e. The highest BCUT2D eigenvalue weighted by molar-refractivity contribution is 5.81. The summed E-state index contributed by atoms with van der Waals surface area (Å²) in [7, 11) is 2.38. The lowest BCUT2D eigenvalue weighted by Gasteiger charge is -2.25. The number of alkyl halides is 3. The molecule has 1 amide bonds. The smallest absolute Gasteiger partial charge is 0.334 e. The van der Waals surface area contributed by atoms with Gasteiger partial charge in [-0.1, -0.05) is 6.07 Å². The summed E-state index contributed by atoms with van der Waals surface area (Å²) in [6.07, 6.45) is -2.26. The van der Waals surface area contributed by atoms with E-state index in [0.717, 1.165) is 17.7 Å². The molecule has 1 saturated heterocycles. The summed E-state index contributed by atoms with van der Waals surface area (Å²) in [4.78, 5) is 47.6. The minimum atomic E-state index is -4.85. The highest BCUT2D eigenvalue weighted by Gasteiger charge is 2.38. The van der Waals surface area contributed by atoms with Gasteiger partial charge in [0.15, 0.2) is 0 Å². The third-order valence-corrected chi connectivity index (χ3v) is 5.71. The summed E-state index contributed by atoms with van der Waals surface area (Å²) in [5, 5.41) is -0.671. The Morgan fingerprint density at radius 3 is 2.59 bits per heavy atom. The Balaban J connectivity index is 1.84. The van der Waals surface area contributed by atoms with Crippen LogP contribution >= 0.6 is 0 Å². The van der Waals surface area contributed by atoms with Crippen molar-refractivity contribution in [2.75, 3.05) is 6.54 Å². The molecule has 0 bridgehead atoms. The first-order valence-corrected chi connectivity index (χ1v) is 9.97. The van der Waals surface area contributed by atoms with Gasteiger partial charge in [0.1, 0.15) is 5.65 Å². The molecule has 1 atom stereocenters. The van der Waals surface area contributed by atoms with Crippen molar-refractivity contribution < 1.29 is 18.0 Å². The number of halogens is 3. The van der Waals surface area contributed by atoms with Crippen LogP contribution in [-0.2, 0) is 31.5 Å². The lowest BCUT2D eigenvalue weighted by Crippen LogP contribution is -2.39. The van der Waals surface area contributed by atoms with E-state index in [0.29, 0.717) is 29.6 Å². The van der Waals surface area contributed by atoms with Gasteiger partial charge in [0, 0.05) is 32.5 Å². The molecular formula is C21H20F3N5O3. The van der Waals surface area contributed by atoms with Gasteiger partial charge in [-0.2, -0.15) is 13.2 Å². The van der Waals surface area contributed by atoms with E-state index < -0.39 is 34.4 Å². The van der Waals surface area contributed by atoms with E-state index in [1.54, 1.807) is 24.4 Å². The number of likely N-dealkylation sites (tertiary alicyclic amines) is 1. The van der Waals surface area contributed by atoms with Crippen molar-refractivity contribution in [2.24, 2.45) is 14.1 Å². The van der Waals surface area contributed by atoms with E-state index in [1.807, 2.05) is 0 Å². The van der Waals surface area contributed by atoms with E-state index in [1.165, 1.54) is 11.9 Å². The number of aromatic nitrogens is 4. The van der Waals surface area contributed by atoms with E-state index in [2.05, 4.69) is 9.97 Å². The molecule has 4 rings (SSSR count). The quantitative estimate of drug-likeness (QED) is 0.612. The molecule has 0 spiro atoms. The van der Waals surface area contributed by atoms with Crippen molar-refractivity contribution >= 4 is 16.9 Å². The van der Waals surface area contributed by atoms with Crippen LogP contribution in [0.15, 0.2) is 40.1 Å². The van der Waals surface area contributed by atoms with Gasteiger partial charge in [-0.3, -0.25) is 23.7 Å². The fourth-order valence-electron chi connectivity index (χ4n) is 4.10. The normalized spacial score (nSPS) is 16.7. The predicted molar refractivity (Wildman–Crippen MR) is 109 cm³/mol. The third-order valence-electron chi connectivity index (χ3n) is 5.71. The van der Waals surface area contributed by atoms with Crippen molar-refractivity contribution in [3.63, 3.8) is 0 Å². The Morgan fingerprint density at radius 1 is 1.19 bits per heavy atom. The molecule has 3 aromatic heterocycles. The largest absolute Gasteiger partial charge is 0.417 e. The second-order valence-electron chi connectivity index (χ2n) is 7.74. The van der Waals surface area contributed by atoms with Crippen LogP contribution in [0, 0.1) is 0 Å². The van der Waals surface area contributed by atoms with Crippen LogP contribution < -0.4 is 11.2 Å². The van der Waals surface area contributed by atoms with Gasteiger partial charge in [0.2, 0.25) is 5.91 Å². The first-order chi connectivity index (χ1) is 15.1. The Bertz CT molecular complexity index is 1310. The summed E-state index contributed by atoms with van der Waals surface area (Å²) in [6.45, 7) is 0.368. The standard InChI is InChI=1S/C21H20F3N5O3/c1-27-18-17(19(31)28(2)20(27)32)13(21(22,23)24)11-14(26-18)15-7-5-9-29(15)16(30)10-12-6-3-4-8-25-12/h3-4,6,8,11,15H,5,7,9-10H2,1-2H3/t15-/m1/s1. The molecule has 8 nitrogen and oxygen atoms in total. The lowest BCUT2D eigenvalue weighted by molar-refractivity contribution is -0.136. The van der Waals surface area contributed by atoms with E-state index in [4.69, 9.17) is 0 Å². The molecule has 0 unspecified atom stereocenters. The van der Waals surface area contributed by atoms with Gasteiger partial charge in [0.25, 0.3) is 5.56 Å². The summed E-state index contributed by atoms with van der Waals surface area (Å²) in [6, 6.07) is 5.30. The molecule has 32 heavy (non-hydrogen) atoms. The van der Waals surface area contributed by atoms with E-state index in [9.17, 15) is 27.6 Å². The van der Waals surface area contributed by atoms with Gasteiger partial charge in [-0.25, -0.2) is 9.78 Å². The fourth-order valence-corrected chi connectivity index (χ4v) is 4.10. The van der Waals surface area contributed by atoms with Crippen molar-refractivity contribution in [3.8, 4) is 0 Å². The van der Waals surface area contributed by atoms with Gasteiger partial charge >= 0.3 is 11.9 Å². The van der Waals surface area contributed by atoms with Crippen LogP contribution in [0.4, 0.5) is 13.2 Å². The number of amides is 1. The SMILES string of the molecule is Cn1c(=O)c2c(C(F)(F)F)cc([C@H]3CCCN3C(=O)Cc3ccccn3)nc2n(C)c1=O. The molecule has 4 heterocycles. The summed E-state index contributed by atoms with van der Waals surface area (Å²) in [5.74, 6) is -0.278. The summed E-state index contributed by atoms with van der Waals surface area (Å²) >= 11 is 0. The van der Waals surface area contributed by atoms with Crippen LogP contribution in [-0.4, -0.2) is 36.5 Å². The van der Waals surface area contributed by atoms with Crippen molar-refractivity contribution in [3.05, 3.63) is 68.3 Å². The maximum absolute atomic E-state index is 13.9. The van der Waals surface area contributed by atoms with Gasteiger partial charge in [-0.05, 0) is 31.0 Å². The fraction of sp³-hybridized carbons (Fsp3) is 0.381. The number of hydrogen-bond acceptors (Lipinski definition) is 5. The van der Waals surface area contributed by atoms with E-state index in [-0.39, 0.29) is 23.7 Å². The highest BCUT2D eigenvalue weighted by Crippen LogP contribution is 2.37. The monoisotopic (exact) mass is 447 g/mol. The molecule has 1 aliphatic rings. The zero-order valence-electron chi connectivity index (χ0n) is 17.4. The summed E-state index contributed by atoms with van der Waals surface area (Å²) in [5.41, 5.74) is -2.82. The van der Waals surface area contributed by atoms with Crippen LogP contribution in [0.2, 0.25) is 0 Å². The molecule has 0 aromatic carbocycles. The number of rotatable bonds is 3. The number of nitrogens with zero attached hydrogens (tertiary/aromatic N) is 5. The third kappa shape index (κ3) is 3.67. The first kappa shape index (κ1) is 21.7. The van der Waals surface area contributed by atoms with Crippen molar-refractivity contribution in [2.45, 2.75) is 31.5 Å². The van der Waals surface area contributed by atoms with Crippen LogP contribution in [0.1, 0.15) is 35.8 Å². The molecule has 11 heteroatoms. The zero-order valence-corrected chi connectivity index (χ0v) is 17.4. The molecule has 1 aliphatic heterocycles. The zero-order chi connectivity index (χ0) is 23.2. The maximum atomic E-state index is 13.9. The number of carbonyl (C=O) groups excluding carboxylic acids is 1. The molecule has 168 valence electrons. The second-order valence-corrected chi connectivity index (χ2v) is 7.74. The van der Waals surface area contributed by atoms with E-state index >= 15 is 0 Å². The average Bonchev–Trinajstić information content (AvgIpc) is 3.25. The summed E-state index contributed by atoms with van der Waals surface area (Å²) < 4.78 is 43.3. The molecular weight excluding hydrogens is 427 g/mol. The number of pyridine rings is 2. The Hall–Kier alpha value is -3.50. The molecule has 0 saturated carbocycles. The van der Waals surface area contributed by atoms with Crippen LogP contribution in [0.25, 0.3) is 11.0 Å². The predicted octanol–water partition coefficient (Wildman–Crippen LogP) is 1.95. The molecule has 0 N–H and O–H groups in total. The average molecular weight is 447 g/mol. The topological polar surface area (TPSA) is 90.1 Å². The number of carbonyl (C=O) groups is 1. The molecule has 0 radical (unpaired) electrons. The highest BCUT2D eigenvalue weighted by atomic mass is 19.4. The number of fused-ring (bicyclic) bond motifs is 1. The second kappa shape index (κ2) is 7.88. The lowest BCUT2D eigenvalue weighted by atomic mass is 10.0. The number of aryl methyl sites for hydroxylation is 1. The molecule has 1 fully saturated rings. The molecule has 3 aromatic rings. The van der Waals surface area contributed by atoms with Gasteiger partial charge < -0.3 is 4.90 Å². The maximum Gasteiger partial charge on any atom is 0.417 e. The van der Waals surface area contributed by atoms with Crippen LogP contribution in [0.5, 0.6) is 0 Å².